The summed E-state index contributed by atoms with van der Waals surface area (Å²) in [5.41, 5.74) is 2.36. The van der Waals surface area contributed by atoms with Gasteiger partial charge in [0, 0.05) is 29.8 Å². The number of hydrogen-bond acceptors (Lipinski definition) is 3. The molecule has 1 aromatic carbocycles. The zero-order valence-electron chi connectivity index (χ0n) is 11.4. The molecule has 0 fully saturated rings. The van der Waals surface area contributed by atoms with Gasteiger partial charge in [-0.2, -0.15) is 5.26 Å². The maximum Gasteiger partial charge on any atom is 0.0671 e. The lowest BCUT2D eigenvalue weighted by atomic mass is 10.1. The summed E-state index contributed by atoms with van der Waals surface area (Å²) in [6.07, 6.45) is 0. The molecule has 0 amide bonds. The molecule has 0 spiro atoms. The summed E-state index contributed by atoms with van der Waals surface area (Å²) in [7, 11) is 3.96. The van der Waals surface area contributed by atoms with Crippen LogP contribution in [0.2, 0.25) is 0 Å². The highest BCUT2D eigenvalue weighted by atomic mass is 79.9. The molecule has 98 valence electrons. The van der Waals surface area contributed by atoms with Crippen LogP contribution in [0, 0.1) is 17.2 Å². The summed E-state index contributed by atoms with van der Waals surface area (Å²) in [5.74, 6) is 0.0321. The maximum absolute atomic E-state index is 8.84. The van der Waals surface area contributed by atoms with Crippen LogP contribution in [-0.4, -0.2) is 20.6 Å². The van der Waals surface area contributed by atoms with E-state index in [1.807, 2.05) is 21.0 Å². The largest absolute Gasteiger partial charge is 0.373 e. The minimum absolute atomic E-state index is 0.0321. The average Bonchev–Trinajstić information content (AvgIpc) is 2.37. The molecule has 0 aliphatic carbocycles. The van der Waals surface area contributed by atoms with Crippen molar-refractivity contribution in [3.05, 3.63) is 28.2 Å². The van der Waals surface area contributed by atoms with E-state index in [0.717, 1.165) is 16.7 Å². The Morgan fingerprint density at radius 3 is 2.61 bits per heavy atom. The molecule has 0 bridgehead atoms. The molecule has 2 atom stereocenters. The highest BCUT2D eigenvalue weighted by molar-refractivity contribution is 9.10. The molecule has 18 heavy (non-hydrogen) atoms. The minimum Gasteiger partial charge on any atom is -0.373 e. The maximum atomic E-state index is 8.84. The van der Waals surface area contributed by atoms with Crippen LogP contribution in [0.3, 0.4) is 0 Å². The van der Waals surface area contributed by atoms with Gasteiger partial charge in [-0.05, 0) is 38.6 Å². The summed E-state index contributed by atoms with van der Waals surface area (Å²) in [6.45, 7) is 4.80. The van der Waals surface area contributed by atoms with E-state index in [0.29, 0.717) is 6.04 Å². The third kappa shape index (κ3) is 3.72. The number of nitrogens with one attached hydrogen (secondary N) is 1. The van der Waals surface area contributed by atoms with Crippen LogP contribution < -0.4 is 10.2 Å². The highest BCUT2D eigenvalue weighted by Gasteiger charge is 2.11. The molecular formula is C14H20BrN3. The van der Waals surface area contributed by atoms with Gasteiger partial charge in [-0.3, -0.25) is 0 Å². The summed E-state index contributed by atoms with van der Waals surface area (Å²) >= 11 is 3.61. The molecule has 1 N–H and O–H groups in total. The van der Waals surface area contributed by atoms with Gasteiger partial charge in [0.15, 0.2) is 0 Å². The number of halogens is 1. The van der Waals surface area contributed by atoms with Crippen molar-refractivity contribution in [1.29, 1.82) is 5.26 Å². The van der Waals surface area contributed by atoms with Gasteiger partial charge in [0.05, 0.1) is 12.0 Å². The number of anilines is 1. The molecule has 1 aromatic rings. The molecule has 0 aromatic heterocycles. The third-order valence-electron chi connectivity index (χ3n) is 3.09. The first-order valence-electron chi connectivity index (χ1n) is 6.07. The first-order valence-corrected chi connectivity index (χ1v) is 6.86. The fourth-order valence-electron chi connectivity index (χ4n) is 1.82. The molecule has 0 radical (unpaired) electrons. The first kappa shape index (κ1) is 15.0. The van der Waals surface area contributed by atoms with Gasteiger partial charge in [-0.1, -0.05) is 22.0 Å². The summed E-state index contributed by atoms with van der Waals surface area (Å²) in [6, 6.07) is 8.89. The van der Waals surface area contributed by atoms with E-state index in [9.17, 15) is 0 Å². The van der Waals surface area contributed by atoms with Crippen LogP contribution in [0.25, 0.3) is 0 Å². The van der Waals surface area contributed by atoms with Crippen molar-refractivity contribution in [2.75, 3.05) is 25.5 Å². The Balaban J connectivity index is 2.87. The quantitative estimate of drug-likeness (QED) is 0.907. The van der Waals surface area contributed by atoms with Crippen LogP contribution >= 0.6 is 15.9 Å². The molecule has 1 rings (SSSR count). The van der Waals surface area contributed by atoms with E-state index in [1.54, 1.807) is 0 Å². The second-order valence-corrected chi connectivity index (χ2v) is 5.48. The molecule has 0 saturated carbocycles. The zero-order chi connectivity index (χ0) is 13.7. The molecule has 0 aliphatic heterocycles. The van der Waals surface area contributed by atoms with Crippen molar-refractivity contribution >= 4 is 21.6 Å². The van der Waals surface area contributed by atoms with Crippen molar-refractivity contribution in [3.8, 4) is 6.07 Å². The Labute approximate surface area is 118 Å². The highest BCUT2D eigenvalue weighted by Crippen LogP contribution is 2.28. The fraction of sp³-hybridized carbons (Fsp3) is 0.500. The van der Waals surface area contributed by atoms with Crippen molar-refractivity contribution in [1.82, 2.24) is 5.32 Å². The molecule has 2 unspecified atom stereocenters. The Morgan fingerprint density at radius 2 is 2.11 bits per heavy atom. The second kappa shape index (κ2) is 6.77. The third-order valence-corrected chi connectivity index (χ3v) is 3.78. The van der Waals surface area contributed by atoms with Crippen molar-refractivity contribution in [2.24, 2.45) is 5.92 Å². The Kier molecular flexibility index (Phi) is 5.64. The lowest BCUT2D eigenvalue weighted by molar-refractivity contribution is 0.649. The number of benzene rings is 1. The van der Waals surface area contributed by atoms with Crippen LogP contribution in [-0.2, 0) is 0 Å². The predicted molar refractivity (Wildman–Crippen MR) is 79.7 cm³/mol. The number of nitrogens with zero attached hydrogens (tertiary/aromatic N) is 2. The van der Waals surface area contributed by atoms with Crippen molar-refractivity contribution in [2.45, 2.75) is 19.9 Å². The molecule has 4 heteroatoms. The van der Waals surface area contributed by atoms with Crippen LogP contribution in [0.5, 0.6) is 0 Å². The van der Waals surface area contributed by atoms with Crippen molar-refractivity contribution in [3.63, 3.8) is 0 Å². The zero-order valence-corrected chi connectivity index (χ0v) is 13.0. The van der Waals surface area contributed by atoms with Gasteiger partial charge in [0.25, 0.3) is 0 Å². The number of hydrogen-bond donors (Lipinski definition) is 1. The monoisotopic (exact) mass is 309 g/mol. The minimum atomic E-state index is 0.0321. The van der Waals surface area contributed by atoms with Gasteiger partial charge in [0.1, 0.15) is 0 Å². The smallest absolute Gasteiger partial charge is 0.0671 e. The van der Waals surface area contributed by atoms with E-state index < -0.39 is 0 Å². The van der Waals surface area contributed by atoms with Gasteiger partial charge >= 0.3 is 0 Å². The lowest BCUT2D eigenvalue weighted by Crippen LogP contribution is -2.23. The molecule has 0 saturated heterocycles. The van der Waals surface area contributed by atoms with E-state index >= 15 is 0 Å². The predicted octanol–water partition coefficient (Wildman–Crippen LogP) is 3.33. The SMILES string of the molecule is CNC(C)c1ccc(N(C)CC(C)C#N)cc1Br. The van der Waals surface area contributed by atoms with Gasteiger partial charge < -0.3 is 10.2 Å². The number of rotatable bonds is 5. The van der Waals surface area contributed by atoms with Gasteiger partial charge in [-0.25, -0.2) is 0 Å². The lowest BCUT2D eigenvalue weighted by Gasteiger charge is -2.22. The van der Waals surface area contributed by atoms with Crippen LogP contribution in [0.15, 0.2) is 22.7 Å². The van der Waals surface area contributed by atoms with E-state index in [-0.39, 0.29) is 5.92 Å². The Hall–Kier alpha value is -1.05. The molecular weight excluding hydrogens is 290 g/mol. The fourth-order valence-corrected chi connectivity index (χ4v) is 2.53. The molecule has 3 nitrogen and oxygen atoms in total. The Morgan fingerprint density at radius 1 is 1.44 bits per heavy atom. The summed E-state index contributed by atoms with van der Waals surface area (Å²) in [4.78, 5) is 2.10. The first-order chi connectivity index (χ1) is 8.49. The standard InChI is InChI=1S/C14H20BrN3/c1-10(8-16)9-18(4)12-5-6-13(11(2)17-3)14(15)7-12/h5-7,10-11,17H,9H2,1-4H3. The normalized spacial score (nSPS) is 13.8. The van der Waals surface area contributed by atoms with E-state index in [1.165, 1.54) is 5.56 Å². The molecule has 0 aliphatic rings. The molecule has 0 heterocycles. The summed E-state index contributed by atoms with van der Waals surface area (Å²) in [5, 5.41) is 12.1. The van der Waals surface area contributed by atoms with Crippen LogP contribution in [0.4, 0.5) is 5.69 Å². The van der Waals surface area contributed by atoms with Gasteiger partial charge in [-0.15, -0.1) is 0 Å². The Bertz CT molecular complexity index is 439. The summed E-state index contributed by atoms with van der Waals surface area (Å²) < 4.78 is 1.10. The number of nitriles is 1. The average molecular weight is 310 g/mol. The topological polar surface area (TPSA) is 39.1 Å². The van der Waals surface area contributed by atoms with Crippen LogP contribution in [0.1, 0.15) is 25.5 Å². The second-order valence-electron chi connectivity index (χ2n) is 4.63. The van der Waals surface area contributed by atoms with Crippen molar-refractivity contribution < 1.29 is 0 Å². The van der Waals surface area contributed by atoms with Gasteiger partial charge in [0.2, 0.25) is 0 Å². The van der Waals surface area contributed by atoms with E-state index in [4.69, 9.17) is 5.26 Å². The van der Waals surface area contributed by atoms with E-state index in [2.05, 4.69) is 57.3 Å².